The van der Waals surface area contributed by atoms with E-state index in [4.69, 9.17) is 16.3 Å². The van der Waals surface area contributed by atoms with E-state index in [0.29, 0.717) is 12.1 Å². The SMILES string of the molecule is COC1CC(NC(c2cccs2)c2ccc(Cl)s2)C1(C)C. The van der Waals surface area contributed by atoms with E-state index >= 15 is 0 Å². The molecule has 0 saturated heterocycles. The number of ether oxygens (including phenoxy) is 1. The maximum atomic E-state index is 6.13. The molecule has 0 spiro atoms. The van der Waals surface area contributed by atoms with Crippen molar-refractivity contribution in [3.63, 3.8) is 0 Å². The van der Waals surface area contributed by atoms with Crippen LogP contribution in [0.1, 0.15) is 36.1 Å². The Bertz CT molecular complexity index is 593. The van der Waals surface area contributed by atoms with E-state index in [-0.39, 0.29) is 11.5 Å². The van der Waals surface area contributed by atoms with Crippen molar-refractivity contribution in [2.45, 2.75) is 38.5 Å². The fourth-order valence-electron chi connectivity index (χ4n) is 3.01. The van der Waals surface area contributed by atoms with Crippen LogP contribution in [0, 0.1) is 5.41 Å². The van der Waals surface area contributed by atoms with Gasteiger partial charge in [0, 0.05) is 28.3 Å². The molecule has 2 heterocycles. The quantitative estimate of drug-likeness (QED) is 0.830. The molecule has 5 heteroatoms. The summed E-state index contributed by atoms with van der Waals surface area (Å²) in [6, 6.07) is 9.08. The number of thiophene rings is 2. The van der Waals surface area contributed by atoms with Crippen LogP contribution in [0.25, 0.3) is 0 Å². The van der Waals surface area contributed by atoms with Crippen molar-refractivity contribution in [1.82, 2.24) is 5.32 Å². The Labute approximate surface area is 139 Å². The van der Waals surface area contributed by atoms with Crippen molar-refractivity contribution in [1.29, 1.82) is 0 Å². The molecule has 1 aliphatic rings. The molecular formula is C16H20ClNOS2. The Morgan fingerprint density at radius 1 is 1.33 bits per heavy atom. The Morgan fingerprint density at radius 2 is 2.14 bits per heavy atom. The van der Waals surface area contributed by atoms with Crippen LogP contribution in [-0.2, 0) is 4.74 Å². The molecule has 1 fully saturated rings. The third kappa shape index (κ3) is 2.92. The van der Waals surface area contributed by atoms with Crippen LogP contribution in [0.5, 0.6) is 0 Å². The van der Waals surface area contributed by atoms with Crippen LogP contribution in [0.4, 0.5) is 0 Å². The predicted octanol–water partition coefficient (Wildman–Crippen LogP) is 4.96. The first kappa shape index (κ1) is 15.5. The molecule has 1 N–H and O–H groups in total. The molecule has 0 bridgehead atoms. The van der Waals surface area contributed by atoms with Gasteiger partial charge in [-0.1, -0.05) is 31.5 Å². The standard InChI is InChI=1S/C16H20ClNOS2/c1-16(2)12(9-13(16)19-3)18-15(10-5-4-8-20-10)11-6-7-14(17)21-11/h4-8,12-13,15,18H,9H2,1-3H3. The summed E-state index contributed by atoms with van der Waals surface area (Å²) >= 11 is 9.57. The molecule has 3 unspecified atom stereocenters. The number of hydrogen-bond donors (Lipinski definition) is 1. The van der Waals surface area contributed by atoms with Gasteiger partial charge in [0.2, 0.25) is 0 Å². The van der Waals surface area contributed by atoms with Crippen molar-refractivity contribution in [2.24, 2.45) is 5.41 Å². The smallest absolute Gasteiger partial charge is 0.0931 e. The van der Waals surface area contributed by atoms with Gasteiger partial charge in [-0.25, -0.2) is 0 Å². The second-order valence-corrected chi connectivity index (χ2v) is 8.82. The van der Waals surface area contributed by atoms with Crippen LogP contribution in [0.15, 0.2) is 29.6 Å². The number of nitrogens with one attached hydrogen (secondary N) is 1. The summed E-state index contributed by atoms with van der Waals surface area (Å²) in [6.07, 6.45) is 1.40. The summed E-state index contributed by atoms with van der Waals surface area (Å²) in [5.74, 6) is 0. The zero-order chi connectivity index (χ0) is 15.0. The van der Waals surface area contributed by atoms with Gasteiger partial charge in [0.05, 0.1) is 16.5 Å². The third-order valence-corrected chi connectivity index (χ3v) is 6.77. The van der Waals surface area contributed by atoms with Crippen molar-refractivity contribution in [2.75, 3.05) is 7.11 Å². The van der Waals surface area contributed by atoms with Gasteiger partial charge in [-0.3, -0.25) is 0 Å². The van der Waals surface area contributed by atoms with E-state index in [1.54, 1.807) is 29.8 Å². The lowest BCUT2D eigenvalue weighted by Gasteiger charge is -2.52. The van der Waals surface area contributed by atoms with Crippen LogP contribution < -0.4 is 5.32 Å². The van der Waals surface area contributed by atoms with Gasteiger partial charge in [-0.15, -0.1) is 22.7 Å². The van der Waals surface area contributed by atoms with Gasteiger partial charge in [-0.05, 0) is 30.0 Å². The lowest BCUT2D eigenvalue weighted by atomic mass is 9.64. The van der Waals surface area contributed by atoms with E-state index in [1.807, 2.05) is 6.07 Å². The van der Waals surface area contributed by atoms with Gasteiger partial charge < -0.3 is 10.1 Å². The van der Waals surface area contributed by atoms with Gasteiger partial charge >= 0.3 is 0 Å². The topological polar surface area (TPSA) is 21.3 Å². The molecule has 2 nitrogen and oxygen atoms in total. The molecule has 1 saturated carbocycles. The number of halogens is 1. The van der Waals surface area contributed by atoms with E-state index < -0.39 is 0 Å². The molecule has 0 aliphatic heterocycles. The zero-order valence-electron chi connectivity index (χ0n) is 12.4. The molecule has 0 aromatic carbocycles. The molecule has 0 radical (unpaired) electrons. The van der Waals surface area contributed by atoms with Crippen LogP contribution in [0.2, 0.25) is 4.34 Å². The van der Waals surface area contributed by atoms with Crippen molar-refractivity contribution >= 4 is 34.3 Å². The van der Waals surface area contributed by atoms with E-state index in [1.165, 1.54) is 9.75 Å². The Hall–Kier alpha value is -0.390. The number of hydrogen-bond acceptors (Lipinski definition) is 4. The largest absolute Gasteiger partial charge is 0.381 e. The first-order valence-electron chi connectivity index (χ1n) is 7.10. The fraction of sp³-hybridized carbons (Fsp3) is 0.500. The highest BCUT2D eigenvalue weighted by atomic mass is 35.5. The lowest BCUT2D eigenvalue weighted by Crippen LogP contribution is -2.61. The molecule has 21 heavy (non-hydrogen) atoms. The van der Waals surface area contributed by atoms with Crippen molar-refractivity contribution in [3.05, 3.63) is 43.7 Å². The second-order valence-electron chi connectivity index (χ2n) is 6.09. The van der Waals surface area contributed by atoms with Gasteiger partial charge in [0.25, 0.3) is 0 Å². The fourth-order valence-corrected chi connectivity index (χ4v) is 5.03. The Morgan fingerprint density at radius 3 is 2.67 bits per heavy atom. The van der Waals surface area contributed by atoms with Crippen molar-refractivity contribution in [3.8, 4) is 0 Å². The van der Waals surface area contributed by atoms with E-state index in [2.05, 4.69) is 42.7 Å². The molecule has 0 amide bonds. The third-order valence-electron chi connectivity index (χ3n) is 4.54. The predicted molar refractivity (Wildman–Crippen MR) is 91.6 cm³/mol. The monoisotopic (exact) mass is 341 g/mol. The van der Waals surface area contributed by atoms with Gasteiger partial charge in [0.1, 0.15) is 0 Å². The van der Waals surface area contributed by atoms with Gasteiger partial charge in [0.15, 0.2) is 0 Å². The molecule has 3 atom stereocenters. The summed E-state index contributed by atoms with van der Waals surface area (Å²) in [5.41, 5.74) is 0.158. The molecule has 1 aliphatic carbocycles. The lowest BCUT2D eigenvalue weighted by molar-refractivity contribution is -0.0992. The number of rotatable bonds is 5. The molecule has 3 rings (SSSR count). The molecule has 114 valence electrons. The Kier molecular flexibility index (Phi) is 4.44. The normalized spacial score (nSPS) is 25.5. The summed E-state index contributed by atoms with van der Waals surface area (Å²) < 4.78 is 6.40. The van der Waals surface area contributed by atoms with Crippen LogP contribution in [0.3, 0.4) is 0 Å². The highest BCUT2D eigenvalue weighted by molar-refractivity contribution is 7.16. The van der Waals surface area contributed by atoms with Crippen LogP contribution in [-0.4, -0.2) is 19.3 Å². The second kappa shape index (κ2) is 6.01. The summed E-state index contributed by atoms with van der Waals surface area (Å²) in [6.45, 7) is 4.55. The first-order valence-corrected chi connectivity index (χ1v) is 9.17. The molecular weight excluding hydrogens is 322 g/mol. The summed E-state index contributed by atoms with van der Waals surface area (Å²) in [5, 5.41) is 5.95. The Balaban J connectivity index is 1.81. The zero-order valence-corrected chi connectivity index (χ0v) is 14.8. The highest BCUT2D eigenvalue weighted by Gasteiger charge is 2.49. The van der Waals surface area contributed by atoms with Crippen molar-refractivity contribution < 1.29 is 4.74 Å². The highest BCUT2D eigenvalue weighted by Crippen LogP contribution is 2.45. The number of methoxy groups -OCH3 is 1. The average Bonchev–Trinajstić information content (AvgIpc) is 3.10. The summed E-state index contributed by atoms with van der Waals surface area (Å²) in [7, 11) is 1.80. The maximum absolute atomic E-state index is 6.13. The minimum absolute atomic E-state index is 0.158. The van der Waals surface area contributed by atoms with E-state index in [0.717, 1.165) is 10.8 Å². The molecule has 2 aromatic heterocycles. The molecule has 2 aromatic rings. The minimum atomic E-state index is 0.158. The average molecular weight is 342 g/mol. The minimum Gasteiger partial charge on any atom is -0.381 e. The van der Waals surface area contributed by atoms with E-state index in [9.17, 15) is 0 Å². The van der Waals surface area contributed by atoms with Crippen LogP contribution >= 0.6 is 34.3 Å². The van der Waals surface area contributed by atoms with Gasteiger partial charge in [-0.2, -0.15) is 0 Å². The maximum Gasteiger partial charge on any atom is 0.0931 e. The summed E-state index contributed by atoms with van der Waals surface area (Å²) in [4.78, 5) is 2.62. The first-order chi connectivity index (χ1) is 10.0.